The lowest BCUT2D eigenvalue weighted by molar-refractivity contribution is -0.131. The van der Waals surface area contributed by atoms with Gasteiger partial charge in [-0.05, 0) is 48.2 Å². The Bertz CT molecular complexity index is 717. The van der Waals surface area contributed by atoms with Crippen LogP contribution in [-0.2, 0) is 17.6 Å². The summed E-state index contributed by atoms with van der Waals surface area (Å²) < 4.78 is 5.26. The van der Waals surface area contributed by atoms with Crippen LogP contribution in [0.3, 0.4) is 0 Å². The van der Waals surface area contributed by atoms with Gasteiger partial charge in [0.05, 0.1) is 7.11 Å². The van der Waals surface area contributed by atoms with Crippen LogP contribution in [0.2, 0.25) is 0 Å². The first-order valence-electron chi connectivity index (χ1n) is 7.09. The molecule has 5 heteroatoms. The highest BCUT2D eigenvalue weighted by Crippen LogP contribution is 2.34. The summed E-state index contributed by atoms with van der Waals surface area (Å²) in [7, 11) is 1.46. The Morgan fingerprint density at radius 3 is 2.39 bits per heavy atom. The Morgan fingerprint density at radius 1 is 1.09 bits per heavy atom. The van der Waals surface area contributed by atoms with Crippen LogP contribution in [0.4, 0.5) is 0 Å². The van der Waals surface area contributed by atoms with E-state index >= 15 is 0 Å². The second-order valence-corrected chi connectivity index (χ2v) is 5.02. The maximum absolute atomic E-state index is 10.7. The fourth-order valence-corrected chi connectivity index (χ4v) is 2.37. The molecule has 0 aliphatic heterocycles. The SMILES string of the molecule is COc1c(O)ccc(/C=C/C(=O)O)c1CCc1ccc(O)cc1. The number of phenols is 2. The summed E-state index contributed by atoms with van der Waals surface area (Å²) in [5.41, 5.74) is 2.43. The molecule has 0 saturated heterocycles. The van der Waals surface area contributed by atoms with E-state index in [9.17, 15) is 15.0 Å². The molecule has 0 heterocycles. The number of benzene rings is 2. The summed E-state index contributed by atoms with van der Waals surface area (Å²) in [5, 5.41) is 28.0. The van der Waals surface area contributed by atoms with Crippen LogP contribution in [0.15, 0.2) is 42.5 Å². The van der Waals surface area contributed by atoms with Gasteiger partial charge in [0.15, 0.2) is 11.5 Å². The third-order valence-corrected chi connectivity index (χ3v) is 3.49. The molecule has 0 atom stereocenters. The fraction of sp³-hybridized carbons (Fsp3) is 0.167. The molecule has 2 aromatic rings. The molecular weight excluding hydrogens is 296 g/mol. The Hall–Kier alpha value is -2.95. The van der Waals surface area contributed by atoms with Gasteiger partial charge in [-0.2, -0.15) is 0 Å². The molecule has 3 N–H and O–H groups in total. The van der Waals surface area contributed by atoms with E-state index in [1.807, 2.05) is 12.1 Å². The number of carboxylic acids is 1. The smallest absolute Gasteiger partial charge is 0.328 e. The van der Waals surface area contributed by atoms with Gasteiger partial charge >= 0.3 is 5.97 Å². The summed E-state index contributed by atoms with van der Waals surface area (Å²) >= 11 is 0. The van der Waals surface area contributed by atoms with Crippen LogP contribution in [0.25, 0.3) is 6.08 Å². The zero-order chi connectivity index (χ0) is 16.8. The van der Waals surface area contributed by atoms with Crippen molar-refractivity contribution in [1.82, 2.24) is 0 Å². The third kappa shape index (κ3) is 4.26. The molecule has 5 nitrogen and oxygen atoms in total. The molecule has 2 rings (SSSR count). The lowest BCUT2D eigenvalue weighted by atomic mass is 9.97. The number of carboxylic acid groups (broad SMARTS) is 1. The molecule has 0 aromatic heterocycles. The topological polar surface area (TPSA) is 87.0 Å². The summed E-state index contributed by atoms with van der Waals surface area (Å²) in [4.78, 5) is 10.7. The van der Waals surface area contributed by atoms with Crippen molar-refractivity contribution in [2.45, 2.75) is 12.8 Å². The van der Waals surface area contributed by atoms with Crippen LogP contribution in [0.5, 0.6) is 17.2 Å². The van der Waals surface area contributed by atoms with Gasteiger partial charge in [-0.15, -0.1) is 0 Å². The molecule has 0 saturated carbocycles. The average molecular weight is 314 g/mol. The van der Waals surface area contributed by atoms with Crippen molar-refractivity contribution in [2.24, 2.45) is 0 Å². The van der Waals surface area contributed by atoms with Gasteiger partial charge in [0.2, 0.25) is 0 Å². The number of ether oxygens (including phenoxy) is 1. The quantitative estimate of drug-likeness (QED) is 0.714. The lowest BCUT2D eigenvalue weighted by Gasteiger charge is -2.13. The van der Waals surface area contributed by atoms with Crippen LogP contribution in [0, 0.1) is 0 Å². The molecule has 2 aromatic carbocycles. The number of carbonyl (C=O) groups is 1. The number of aromatic hydroxyl groups is 2. The lowest BCUT2D eigenvalue weighted by Crippen LogP contribution is -1.99. The average Bonchev–Trinajstić information content (AvgIpc) is 2.53. The van der Waals surface area contributed by atoms with E-state index in [1.165, 1.54) is 19.3 Å². The summed E-state index contributed by atoms with van der Waals surface area (Å²) in [6.45, 7) is 0. The highest BCUT2D eigenvalue weighted by Gasteiger charge is 2.13. The number of aryl methyl sites for hydroxylation is 1. The Balaban J connectivity index is 2.31. The fourth-order valence-electron chi connectivity index (χ4n) is 2.37. The van der Waals surface area contributed by atoms with Gasteiger partial charge in [0, 0.05) is 11.6 Å². The molecule has 0 aliphatic rings. The standard InChI is InChI=1S/C18H18O5/c1-23-18-15(9-4-12-2-7-14(19)8-3-12)13(5-10-16(18)20)6-11-17(21)22/h2-3,5-8,10-11,19-20H,4,9H2,1H3,(H,21,22)/b11-6+. The van der Waals surface area contributed by atoms with Gasteiger partial charge in [-0.3, -0.25) is 0 Å². The highest BCUT2D eigenvalue weighted by atomic mass is 16.5. The number of phenolic OH excluding ortho intramolecular Hbond substituents is 2. The van der Waals surface area contributed by atoms with Gasteiger partial charge in [0.1, 0.15) is 5.75 Å². The summed E-state index contributed by atoms with van der Waals surface area (Å²) in [5.74, 6) is -0.479. The van der Waals surface area contributed by atoms with Crippen molar-refractivity contribution in [3.05, 3.63) is 59.2 Å². The van der Waals surface area contributed by atoms with Crippen LogP contribution in [0.1, 0.15) is 16.7 Å². The number of aliphatic carboxylic acids is 1. The first-order valence-corrected chi connectivity index (χ1v) is 7.09. The van der Waals surface area contributed by atoms with E-state index < -0.39 is 5.97 Å². The van der Waals surface area contributed by atoms with Gasteiger partial charge in [0.25, 0.3) is 0 Å². The first kappa shape index (κ1) is 16.4. The van der Waals surface area contributed by atoms with Crippen molar-refractivity contribution < 1.29 is 24.9 Å². The molecule has 0 aliphatic carbocycles. The van der Waals surface area contributed by atoms with E-state index in [0.717, 1.165) is 17.2 Å². The molecule has 0 unspecified atom stereocenters. The zero-order valence-corrected chi connectivity index (χ0v) is 12.7. The maximum atomic E-state index is 10.7. The Morgan fingerprint density at radius 2 is 1.78 bits per heavy atom. The summed E-state index contributed by atoms with van der Waals surface area (Å²) in [6, 6.07) is 9.99. The van der Waals surface area contributed by atoms with E-state index in [4.69, 9.17) is 9.84 Å². The van der Waals surface area contributed by atoms with E-state index in [0.29, 0.717) is 24.2 Å². The van der Waals surface area contributed by atoms with Crippen LogP contribution in [-0.4, -0.2) is 28.4 Å². The highest BCUT2D eigenvalue weighted by molar-refractivity contribution is 5.86. The van der Waals surface area contributed by atoms with Crippen molar-refractivity contribution >= 4 is 12.0 Å². The molecule has 0 amide bonds. The number of hydrogen-bond acceptors (Lipinski definition) is 4. The molecule has 120 valence electrons. The van der Waals surface area contributed by atoms with Gasteiger partial charge in [-0.1, -0.05) is 18.2 Å². The van der Waals surface area contributed by atoms with Crippen molar-refractivity contribution in [2.75, 3.05) is 7.11 Å². The van der Waals surface area contributed by atoms with E-state index in [1.54, 1.807) is 18.2 Å². The van der Waals surface area contributed by atoms with E-state index in [-0.39, 0.29) is 11.5 Å². The predicted molar refractivity (Wildman–Crippen MR) is 86.8 cm³/mol. The zero-order valence-electron chi connectivity index (χ0n) is 12.7. The second kappa shape index (κ2) is 7.35. The minimum atomic E-state index is -1.04. The van der Waals surface area contributed by atoms with Crippen LogP contribution < -0.4 is 4.74 Å². The Kier molecular flexibility index (Phi) is 5.25. The van der Waals surface area contributed by atoms with E-state index in [2.05, 4.69) is 0 Å². The number of rotatable bonds is 6. The molecule has 23 heavy (non-hydrogen) atoms. The van der Waals surface area contributed by atoms with Crippen molar-refractivity contribution in [3.63, 3.8) is 0 Å². The second-order valence-electron chi connectivity index (χ2n) is 5.02. The molecule has 0 fully saturated rings. The van der Waals surface area contributed by atoms with Gasteiger partial charge in [-0.25, -0.2) is 4.79 Å². The maximum Gasteiger partial charge on any atom is 0.328 e. The van der Waals surface area contributed by atoms with Crippen molar-refractivity contribution in [1.29, 1.82) is 0 Å². The first-order chi connectivity index (χ1) is 11.0. The van der Waals surface area contributed by atoms with Gasteiger partial charge < -0.3 is 20.1 Å². The monoisotopic (exact) mass is 314 g/mol. The molecule has 0 spiro atoms. The largest absolute Gasteiger partial charge is 0.508 e. The molecule has 0 radical (unpaired) electrons. The summed E-state index contributed by atoms with van der Waals surface area (Å²) in [6.07, 6.45) is 3.75. The Labute approximate surface area is 134 Å². The van der Waals surface area contributed by atoms with Crippen LogP contribution >= 0.6 is 0 Å². The normalized spacial score (nSPS) is 10.8. The minimum absolute atomic E-state index is 0.0145. The third-order valence-electron chi connectivity index (χ3n) is 3.49. The molecular formula is C18H18O5. The predicted octanol–water partition coefficient (Wildman–Crippen LogP) is 2.99. The number of hydrogen-bond donors (Lipinski definition) is 3. The van der Waals surface area contributed by atoms with Crippen molar-refractivity contribution in [3.8, 4) is 17.2 Å². The molecule has 0 bridgehead atoms. The number of methoxy groups -OCH3 is 1. The minimum Gasteiger partial charge on any atom is -0.508 e.